The van der Waals surface area contributed by atoms with Crippen LogP contribution >= 0.6 is 0 Å². The molecule has 0 atom stereocenters. The van der Waals surface area contributed by atoms with Gasteiger partial charge in [0.25, 0.3) is 5.69 Å². The summed E-state index contributed by atoms with van der Waals surface area (Å²) in [5.41, 5.74) is 6.89. The summed E-state index contributed by atoms with van der Waals surface area (Å²) in [5, 5.41) is 13.9. The van der Waals surface area contributed by atoms with Crippen molar-refractivity contribution in [2.24, 2.45) is 0 Å². The van der Waals surface area contributed by atoms with E-state index in [1.165, 1.54) is 0 Å². The van der Waals surface area contributed by atoms with Crippen molar-refractivity contribution >= 4 is 68.6 Å². The largest absolute Gasteiger partial charge is 0.465 e. The van der Waals surface area contributed by atoms with Crippen molar-refractivity contribution in [1.82, 2.24) is 0 Å². The van der Waals surface area contributed by atoms with E-state index in [2.05, 4.69) is 10.1 Å². The number of carbonyl (C=O) groups is 1. The van der Waals surface area contributed by atoms with Gasteiger partial charge in [-0.05, 0) is 0 Å². The lowest BCUT2D eigenvalue weighted by Crippen LogP contribution is -2.28. The van der Waals surface area contributed by atoms with Crippen LogP contribution in [0.25, 0.3) is 0 Å². The molecule has 0 heterocycles. The Morgan fingerprint density at radius 1 is 1.24 bits per heavy atom. The Kier molecular flexibility index (Phi) is 5.06. The molecule has 0 saturated carbocycles. The van der Waals surface area contributed by atoms with E-state index < -0.39 is 28.1 Å². The van der Waals surface area contributed by atoms with Crippen LogP contribution in [-0.2, 0) is 4.74 Å². The zero-order valence-corrected chi connectivity index (χ0v) is 14.3. The minimum Gasteiger partial charge on any atom is -0.465 e. The molecule has 0 aliphatic rings. The predicted octanol–water partition coefficient (Wildman–Crippen LogP) is -2.38. The van der Waals surface area contributed by atoms with E-state index in [0.717, 1.165) is 29.6 Å². The minimum absolute atomic E-state index is 0.259. The van der Waals surface area contributed by atoms with Gasteiger partial charge in [0.05, 0.1) is 23.3 Å². The first kappa shape index (κ1) is 18.4. The van der Waals surface area contributed by atoms with E-state index in [1.807, 2.05) is 35.7 Å². The number of halogens is 1. The van der Waals surface area contributed by atoms with Gasteiger partial charge in [-0.1, -0.05) is 28.5 Å². The topological polar surface area (TPSA) is 107 Å². The molecule has 2 aromatic carbocycles. The molecule has 0 fully saturated rings. The van der Waals surface area contributed by atoms with Crippen molar-refractivity contribution in [3.63, 3.8) is 0 Å². The maximum Gasteiger partial charge on any atom is 0.340 e. The molecule has 2 aromatic rings. The minimum atomic E-state index is -1.08. The normalized spacial score (nSPS) is 10.3. The molecule has 0 aliphatic carbocycles. The summed E-state index contributed by atoms with van der Waals surface area (Å²) in [6, 6.07) is 4.69. The highest BCUT2D eigenvalue weighted by atomic mass is 19.1. The number of nitrogens with one attached hydrogen (secondary N) is 1. The van der Waals surface area contributed by atoms with Gasteiger partial charge in [-0.15, -0.1) is 0 Å². The van der Waals surface area contributed by atoms with Crippen LogP contribution in [0.1, 0.15) is 10.4 Å². The van der Waals surface area contributed by atoms with Gasteiger partial charge in [0.1, 0.15) is 29.2 Å². The molecule has 2 rings (SSSR count). The first-order chi connectivity index (χ1) is 11.7. The fourth-order valence-corrected chi connectivity index (χ4v) is 2.70. The Bertz CT molecular complexity index is 869. The number of carbonyl (C=O) groups excluding carboxylic acids is 1. The van der Waals surface area contributed by atoms with Crippen LogP contribution in [0.5, 0.6) is 0 Å². The second kappa shape index (κ2) is 6.88. The van der Waals surface area contributed by atoms with Gasteiger partial charge in [-0.3, -0.25) is 10.1 Å². The van der Waals surface area contributed by atoms with Gasteiger partial charge < -0.3 is 15.8 Å². The number of anilines is 3. The predicted molar refractivity (Wildman–Crippen MR) is 103 cm³/mol. The number of benzene rings is 2. The second-order valence-corrected chi connectivity index (χ2v) is 5.69. The molecule has 0 unspecified atom stereocenters. The zero-order chi connectivity index (χ0) is 18.9. The number of hydrogen-bond donors (Lipinski definition) is 2. The first-order valence-corrected chi connectivity index (χ1v) is 7.36. The average molecular weight is 341 g/mol. The van der Waals surface area contributed by atoms with Gasteiger partial charge in [0, 0.05) is 11.8 Å². The fourth-order valence-electron chi connectivity index (χ4n) is 2.70. The smallest absolute Gasteiger partial charge is 0.340 e. The molecule has 126 valence electrons. The number of esters is 1. The first-order valence-electron chi connectivity index (χ1n) is 7.36. The number of nitro groups is 1. The lowest BCUT2D eigenvalue weighted by Gasteiger charge is -2.18. The molecule has 25 heavy (non-hydrogen) atoms. The van der Waals surface area contributed by atoms with Crippen molar-refractivity contribution in [1.29, 1.82) is 0 Å². The summed E-state index contributed by atoms with van der Waals surface area (Å²) in [5.74, 6) is -1.99. The maximum absolute atomic E-state index is 14.7. The summed E-state index contributed by atoms with van der Waals surface area (Å²) >= 11 is 0. The van der Waals surface area contributed by atoms with Crippen LogP contribution in [0.4, 0.5) is 27.1 Å². The van der Waals surface area contributed by atoms with Gasteiger partial charge in [0.15, 0.2) is 5.82 Å². The third kappa shape index (κ3) is 3.45. The van der Waals surface area contributed by atoms with Crippen LogP contribution < -0.4 is 27.4 Å². The maximum atomic E-state index is 14.7. The number of rotatable bonds is 4. The molecule has 0 bridgehead atoms. The highest BCUT2D eigenvalue weighted by Gasteiger charge is 2.27. The molecular weight excluding hydrogens is 326 g/mol. The quantitative estimate of drug-likeness (QED) is 0.212. The lowest BCUT2D eigenvalue weighted by atomic mass is 9.78. The molecule has 0 aliphatic heterocycles. The number of nitrogens with zero attached hydrogens (tertiary/aromatic N) is 1. The number of hydrogen-bond acceptors (Lipinski definition) is 6. The van der Waals surface area contributed by atoms with E-state index in [9.17, 15) is 19.3 Å². The van der Waals surface area contributed by atoms with Crippen LogP contribution in [0.3, 0.4) is 0 Å². The average Bonchev–Trinajstić information content (AvgIpc) is 2.53. The monoisotopic (exact) mass is 341 g/mol. The number of methoxy groups -OCH3 is 1. The Hall–Kier alpha value is -2.97. The highest BCUT2D eigenvalue weighted by Crippen LogP contribution is 2.35. The van der Waals surface area contributed by atoms with Gasteiger partial charge in [-0.2, -0.15) is 0 Å². The Labute approximate surface area is 146 Å². The van der Waals surface area contributed by atoms with Gasteiger partial charge in [-0.25, -0.2) is 9.18 Å². The molecule has 0 amide bonds. The molecule has 3 N–H and O–H groups in total. The number of nitrogens with two attached hydrogens (primary N) is 1. The van der Waals surface area contributed by atoms with Crippen molar-refractivity contribution in [3.05, 3.63) is 39.7 Å². The van der Waals surface area contributed by atoms with Crippen LogP contribution in [0, 0.1) is 15.9 Å². The van der Waals surface area contributed by atoms with E-state index in [4.69, 9.17) is 5.73 Å². The molecule has 0 spiro atoms. The van der Waals surface area contributed by atoms with Gasteiger partial charge in [0.2, 0.25) is 0 Å². The standard InChI is InChI=1S/C14H15B3FN3O4/c1-25-14(22)6-4-9(21(23)24)11(19)10(18)12(6)20-13-7(16)2-5(15)3-8(13)17/h2-4,20H,15-17,19H2,1H3. The summed E-state index contributed by atoms with van der Waals surface area (Å²) in [6.07, 6.45) is 0. The summed E-state index contributed by atoms with van der Waals surface area (Å²) < 4.78 is 19.3. The number of ether oxygens (including phenoxy) is 1. The molecule has 0 radical (unpaired) electrons. The van der Waals surface area contributed by atoms with E-state index in [-0.39, 0.29) is 11.3 Å². The van der Waals surface area contributed by atoms with E-state index in [1.54, 1.807) is 0 Å². The number of nitro benzene ring substituents is 1. The van der Waals surface area contributed by atoms with Crippen LogP contribution in [-0.4, -0.2) is 41.5 Å². The second-order valence-electron chi connectivity index (χ2n) is 5.69. The van der Waals surface area contributed by atoms with Crippen molar-refractivity contribution in [2.45, 2.75) is 0 Å². The summed E-state index contributed by atoms with van der Waals surface area (Å²) in [4.78, 5) is 22.2. The molecule has 7 nitrogen and oxygen atoms in total. The van der Waals surface area contributed by atoms with Crippen LogP contribution in [0.15, 0.2) is 18.2 Å². The molecular formula is C14H15B3FN3O4. The van der Waals surface area contributed by atoms with E-state index in [0.29, 0.717) is 5.69 Å². The fraction of sp³-hybridized carbons (Fsp3) is 0.0714. The Morgan fingerprint density at radius 2 is 1.80 bits per heavy atom. The molecule has 0 aromatic heterocycles. The Balaban J connectivity index is 2.71. The van der Waals surface area contributed by atoms with Gasteiger partial charge >= 0.3 is 5.97 Å². The van der Waals surface area contributed by atoms with Crippen molar-refractivity contribution < 1.29 is 18.8 Å². The van der Waals surface area contributed by atoms with Crippen LogP contribution in [0.2, 0.25) is 0 Å². The third-order valence-electron chi connectivity index (χ3n) is 3.81. The third-order valence-corrected chi connectivity index (χ3v) is 3.81. The SMILES string of the molecule is Bc1cc(B)c(Nc2c(C(=O)OC)cc([N+](=O)[O-])c(N)c2F)c(B)c1. The summed E-state index contributed by atoms with van der Waals surface area (Å²) in [6.45, 7) is 0. The summed E-state index contributed by atoms with van der Waals surface area (Å²) in [7, 11) is 6.68. The van der Waals surface area contributed by atoms with Crippen molar-refractivity contribution in [3.8, 4) is 0 Å². The van der Waals surface area contributed by atoms with Crippen molar-refractivity contribution in [2.75, 3.05) is 18.2 Å². The molecule has 11 heteroatoms. The zero-order valence-electron chi connectivity index (χ0n) is 14.3. The number of nitrogen functional groups attached to an aromatic ring is 1. The molecule has 0 saturated heterocycles. The lowest BCUT2D eigenvalue weighted by molar-refractivity contribution is -0.384. The van der Waals surface area contributed by atoms with E-state index >= 15 is 0 Å². The Morgan fingerprint density at radius 3 is 2.28 bits per heavy atom. The highest BCUT2D eigenvalue weighted by molar-refractivity contribution is 6.47.